The summed E-state index contributed by atoms with van der Waals surface area (Å²) in [5.74, 6) is 1.33. The van der Waals surface area contributed by atoms with Crippen LogP contribution in [0.5, 0.6) is 0 Å². The number of halogens is 3. The lowest BCUT2D eigenvalue weighted by atomic mass is 9.84. The predicted octanol–water partition coefficient (Wildman–Crippen LogP) is 3.07. The number of aliphatic imine (C=N–C) groups is 1. The van der Waals surface area contributed by atoms with E-state index in [1.807, 2.05) is 0 Å². The molecule has 0 bridgehead atoms. The Morgan fingerprint density at radius 3 is 2.54 bits per heavy atom. The molecule has 0 aliphatic heterocycles. The summed E-state index contributed by atoms with van der Waals surface area (Å²) in [6.07, 6.45) is 2.65. The highest BCUT2D eigenvalue weighted by atomic mass is 19.4. The number of hydrogen-bond donors (Lipinski definition) is 2. The van der Waals surface area contributed by atoms with Gasteiger partial charge in [-0.2, -0.15) is 18.3 Å². The molecular weight excluding hydrogens is 319 g/mol. The van der Waals surface area contributed by atoms with E-state index in [0.29, 0.717) is 12.0 Å². The van der Waals surface area contributed by atoms with Crippen LogP contribution in [0, 0.1) is 5.92 Å². The van der Waals surface area contributed by atoms with Crippen molar-refractivity contribution in [2.75, 3.05) is 7.05 Å². The lowest BCUT2D eigenvalue weighted by Crippen LogP contribution is -2.44. The van der Waals surface area contributed by atoms with Crippen LogP contribution < -0.4 is 10.6 Å². The van der Waals surface area contributed by atoms with Gasteiger partial charge in [-0.15, -0.1) is 0 Å². The van der Waals surface area contributed by atoms with Gasteiger partial charge in [0.25, 0.3) is 0 Å². The Morgan fingerprint density at radius 1 is 1.33 bits per heavy atom. The molecule has 0 radical (unpaired) electrons. The number of aryl methyl sites for hydroxylation is 1. The van der Waals surface area contributed by atoms with Gasteiger partial charge in [-0.25, -0.2) is 0 Å². The molecule has 0 aromatic carbocycles. The second-order valence-electron chi connectivity index (χ2n) is 6.37. The molecule has 2 rings (SSSR count). The summed E-state index contributed by atoms with van der Waals surface area (Å²) in [6.45, 7) is 2.25. The lowest BCUT2D eigenvalue weighted by Gasteiger charge is -2.29. The minimum atomic E-state index is -4.45. The van der Waals surface area contributed by atoms with Gasteiger partial charge in [0.2, 0.25) is 0 Å². The zero-order chi connectivity index (χ0) is 17.7. The zero-order valence-corrected chi connectivity index (χ0v) is 14.5. The van der Waals surface area contributed by atoms with Gasteiger partial charge in [-0.05, 0) is 31.6 Å². The standard InChI is InChI=1S/C16H26F3N5/c1-4-11-5-7-13(8-6-11)22-15(20-2)21-9-12-10-24(3)23-14(12)16(17,18)19/h10-11,13H,4-9H2,1-3H3,(H2,20,21,22). The third-order valence-electron chi connectivity index (χ3n) is 4.61. The maximum absolute atomic E-state index is 13.0. The molecule has 0 unspecified atom stereocenters. The van der Waals surface area contributed by atoms with Crippen LogP contribution in [0.3, 0.4) is 0 Å². The summed E-state index contributed by atoms with van der Waals surface area (Å²) in [6, 6.07) is 0.329. The first-order chi connectivity index (χ1) is 11.3. The van der Waals surface area contributed by atoms with E-state index < -0.39 is 11.9 Å². The van der Waals surface area contributed by atoms with E-state index in [4.69, 9.17) is 0 Å². The minimum absolute atomic E-state index is 0.0344. The first-order valence-electron chi connectivity index (χ1n) is 8.40. The molecule has 0 atom stereocenters. The number of nitrogens with zero attached hydrogens (tertiary/aromatic N) is 3. The smallest absolute Gasteiger partial charge is 0.354 e. The van der Waals surface area contributed by atoms with Crippen LogP contribution in [0.2, 0.25) is 0 Å². The van der Waals surface area contributed by atoms with Crippen molar-refractivity contribution in [2.45, 2.75) is 57.8 Å². The highest BCUT2D eigenvalue weighted by Gasteiger charge is 2.36. The first kappa shape index (κ1) is 18.6. The number of alkyl halides is 3. The van der Waals surface area contributed by atoms with Crippen LogP contribution in [0.25, 0.3) is 0 Å². The van der Waals surface area contributed by atoms with Gasteiger partial charge in [0.05, 0.1) is 0 Å². The number of hydrogen-bond acceptors (Lipinski definition) is 2. The Bertz CT molecular complexity index is 557. The molecule has 0 saturated heterocycles. The van der Waals surface area contributed by atoms with Gasteiger partial charge < -0.3 is 10.6 Å². The van der Waals surface area contributed by atoms with Gasteiger partial charge in [-0.1, -0.05) is 13.3 Å². The molecule has 1 heterocycles. The molecule has 0 spiro atoms. The normalized spacial score (nSPS) is 22.5. The van der Waals surface area contributed by atoms with Crippen molar-refractivity contribution in [3.8, 4) is 0 Å². The van der Waals surface area contributed by atoms with Crippen LogP contribution in [0.4, 0.5) is 13.2 Å². The summed E-state index contributed by atoms with van der Waals surface area (Å²) in [5.41, 5.74) is -0.737. The van der Waals surface area contributed by atoms with Gasteiger partial charge >= 0.3 is 6.18 Å². The molecular formula is C16H26F3N5. The molecule has 24 heavy (non-hydrogen) atoms. The summed E-state index contributed by atoms with van der Waals surface area (Å²) >= 11 is 0. The van der Waals surface area contributed by atoms with Gasteiger partial charge in [0.15, 0.2) is 11.7 Å². The van der Waals surface area contributed by atoms with E-state index in [2.05, 4.69) is 27.6 Å². The second kappa shape index (κ2) is 7.90. The zero-order valence-electron chi connectivity index (χ0n) is 14.5. The highest BCUT2D eigenvalue weighted by molar-refractivity contribution is 5.79. The van der Waals surface area contributed by atoms with Crippen LogP contribution in [-0.2, 0) is 19.8 Å². The molecule has 136 valence electrons. The molecule has 1 aliphatic carbocycles. The fourth-order valence-corrected chi connectivity index (χ4v) is 3.19. The van der Waals surface area contributed by atoms with Crippen molar-refractivity contribution in [1.82, 2.24) is 20.4 Å². The summed E-state index contributed by atoms with van der Waals surface area (Å²) in [4.78, 5) is 4.12. The molecule has 1 aromatic heterocycles. The SMILES string of the molecule is CCC1CCC(NC(=NC)NCc2cn(C)nc2C(F)(F)F)CC1. The third-order valence-corrected chi connectivity index (χ3v) is 4.61. The molecule has 1 aliphatic rings. The number of guanidine groups is 1. The summed E-state index contributed by atoms with van der Waals surface area (Å²) in [5, 5.41) is 9.80. The quantitative estimate of drug-likeness (QED) is 0.651. The van der Waals surface area contributed by atoms with Gasteiger partial charge in [-0.3, -0.25) is 9.67 Å². The molecule has 1 aromatic rings. The molecule has 1 fully saturated rings. The number of aromatic nitrogens is 2. The fraction of sp³-hybridized carbons (Fsp3) is 0.750. The van der Waals surface area contributed by atoms with Gasteiger partial charge in [0, 0.05) is 38.4 Å². The van der Waals surface area contributed by atoms with Crippen molar-refractivity contribution in [3.63, 3.8) is 0 Å². The second-order valence-corrected chi connectivity index (χ2v) is 6.37. The largest absolute Gasteiger partial charge is 0.435 e. The summed E-state index contributed by atoms with van der Waals surface area (Å²) in [7, 11) is 3.11. The summed E-state index contributed by atoms with van der Waals surface area (Å²) < 4.78 is 40.1. The fourth-order valence-electron chi connectivity index (χ4n) is 3.19. The maximum Gasteiger partial charge on any atom is 0.435 e. The van der Waals surface area contributed by atoms with E-state index in [9.17, 15) is 13.2 Å². The molecule has 0 amide bonds. The Hall–Kier alpha value is -1.73. The van der Waals surface area contributed by atoms with E-state index in [1.54, 1.807) is 7.05 Å². The van der Waals surface area contributed by atoms with Crippen LogP contribution in [-0.4, -0.2) is 28.8 Å². The van der Waals surface area contributed by atoms with Crippen molar-refractivity contribution >= 4 is 5.96 Å². The average molecular weight is 345 g/mol. The topological polar surface area (TPSA) is 54.2 Å². The van der Waals surface area contributed by atoms with Crippen molar-refractivity contribution < 1.29 is 13.2 Å². The molecule has 8 heteroatoms. The monoisotopic (exact) mass is 345 g/mol. The van der Waals surface area contributed by atoms with E-state index in [1.165, 1.54) is 37.2 Å². The van der Waals surface area contributed by atoms with Gasteiger partial charge in [0.1, 0.15) is 0 Å². The number of rotatable bonds is 4. The van der Waals surface area contributed by atoms with Crippen molar-refractivity contribution in [2.24, 2.45) is 18.0 Å². The van der Waals surface area contributed by atoms with Crippen LogP contribution in [0.1, 0.15) is 50.3 Å². The van der Waals surface area contributed by atoms with E-state index in [-0.39, 0.29) is 12.1 Å². The lowest BCUT2D eigenvalue weighted by molar-refractivity contribution is -0.142. The maximum atomic E-state index is 13.0. The highest BCUT2D eigenvalue weighted by Crippen LogP contribution is 2.30. The Morgan fingerprint density at radius 2 is 2.00 bits per heavy atom. The Balaban J connectivity index is 1.91. The Kier molecular flexibility index (Phi) is 6.12. The Labute approximate surface area is 140 Å². The molecule has 2 N–H and O–H groups in total. The van der Waals surface area contributed by atoms with E-state index >= 15 is 0 Å². The third kappa shape index (κ3) is 4.88. The van der Waals surface area contributed by atoms with Crippen molar-refractivity contribution in [3.05, 3.63) is 17.5 Å². The predicted molar refractivity (Wildman–Crippen MR) is 87.6 cm³/mol. The van der Waals surface area contributed by atoms with E-state index in [0.717, 1.165) is 18.8 Å². The van der Waals surface area contributed by atoms with Crippen molar-refractivity contribution in [1.29, 1.82) is 0 Å². The molecule has 5 nitrogen and oxygen atoms in total. The average Bonchev–Trinajstić information content (AvgIpc) is 2.93. The van der Waals surface area contributed by atoms with Crippen LogP contribution >= 0.6 is 0 Å². The number of nitrogens with one attached hydrogen (secondary N) is 2. The first-order valence-corrected chi connectivity index (χ1v) is 8.40. The molecule has 1 saturated carbocycles. The van der Waals surface area contributed by atoms with Crippen LogP contribution in [0.15, 0.2) is 11.2 Å². The minimum Gasteiger partial charge on any atom is -0.354 e.